The summed E-state index contributed by atoms with van der Waals surface area (Å²) in [5, 5.41) is 3.44. The van der Waals surface area contributed by atoms with Gasteiger partial charge in [0.1, 0.15) is 4.75 Å². The van der Waals surface area contributed by atoms with Gasteiger partial charge >= 0.3 is 0 Å². The van der Waals surface area contributed by atoms with E-state index in [0.29, 0.717) is 11.3 Å². The van der Waals surface area contributed by atoms with Gasteiger partial charge < -0.3 is 5.32 Å². The summed E-state index contributed by atoms with van der Waals surface area (Å²) in [7, 11) is -3.46. The van der Waals surface area contributed by atoms with E-state index >= 15 is 0 Å². The number of fused-ring (bicyclic) bond motifs is 3. The Morgan fingerprint density at radius 1 is 1.13 bits per heavy atom. The monoisotopic (exact) mass is 391 g/mol. The molecule has 2 aliphatic rings. The van der Waals surface area contributed by atoms with Crippen molar-refractivity contribution >= 4 is 25.8 Å². The second-order valence-electron chi connectivity index (χ2n) is 6.30. The Morgan fingerprint density at radius 2 is 1.91 bits per heavy atom. The zero-order chi connectivity index (χ0) is 16.1. The first kappa shape index (κ1) is 15.4. The molecule has 0 amide bonds. The summed E-state index contributed by atoms with van der Waals surface area (Å²) in [6, 6.07) is 14.9. The highest BCUT2D eigenvalue weighted by Gasteiger charge is 2.56. The lowest BCUT2D eigenvalue weighted by atomic mass is 9.79. The lowest BCUT2D eigenvalue weighted by Gasteiger charge is -2.40. The smallest absolute Gasteiger partial charge is 0.189 e. The molecule has 0 saturated carbocycles. The average Bonchev–Trinajstić information content (AvgIpc) is 3.01. The summed E-state index contributed by atoms with van der Waals surface area (Å²) in [6.07, 6.45) is 2.40. The van der Waals surface area contributed by atoms with Crippen LogP contribution in [0, 0.1) is 0 Å². The van der Waals surface area contributed by atoms with Gasteiger partial charge in [0.2, 0.25) is 0 Å². The molecule has 4 rings (SSSR count). The number of nitrogens with one attached hydrogen (secondary N) is 1. The van der Waals surface area contributed by atoms with Crippen LogP contribution >= 0.6 is 15.9 Å². The van der Waals surface area contributed by atoms with Crippen LogP contribution in [0.1, 0.15) is 24.0 Å². The van der Waals surface area contributed by atoms with Gasteiger partial charge in [-0.05, 0) is 61.2 Å². The second kappa shape index (κ2) is 5.43. The van der Waals surface area contributed by atoms with Gasteiger partial charge in [0, 0.05) is 10.5 Å². The third-order valence-corrected chi connectivity index (χ3v) is 8.26. The molecule has 2 atom stereocenters. The number of aryl methyl sites for hydroxylation is 1. The van der Waals surface area contributed by atoms with Crippen LogP contribution < -0.4 is 5.32 Å². The molecular formula is C18H18BrNO2S. The fourth-order valence-corrected chi connectivity index (χ4v) is 6.97. The minimum Gasteiger partial charge on any atom is -0.312 e. The Hall–Kier alpha value is -1.17. The summed E-state index contributed by atoms with van der Waals surface area (Å²) >= 11 is 3.51. The average molecular weight is 392 g/mol. The van der Waals surface area contributed by atoms with Crippen LogP contribution in [0.2, 0.25) is 0 Å². The van der Waals surface area contributed by atoms with Gasteiger partial charge in [0.25, 0.3) is 0 Å². The van der Waals surface area contributed by atoms with Gasteiger partial charge in [-0.3, -0.25) is 0 Å². The topological polar surface area (TPSA) is 46.2 Å². The van der Waals surface area contributed by atoms with E-state index < -0.39 is 14.6 Å². The summed E-state index contributed by atoms with van der Waals surface area (Å²) in [6.45, 7) is 0.742. The molecular weight excluding hydrogens is 374 g/mol. The summed E-state index contributed by atoms with van der Waals surface area (Å²) < 4.78 is 27.3. The van der Waals surface area contributed by atoms with Gasteiger partial charge in [0.05, 0.1) is 4.90 Å². The molecule has 5 heteroatoms. The van der Waals surface area contributed by atoms with E-state index in [2.05, 4.69) is 27.3 Å². The zero-order valence-corrected chi connectivity index (χ0v) is 15.0. The van der Waals surface area contributed by atoms with Crippen LogP contribution in [-0.4, -0.2) is 21.0 Å². The van der Waals surface area contributed by atoms with Crippen molar-refractivity contribution in [2.45, 2.75) is 34.9 Å². The van der Waals surface area contributed by atoms with Gasteiger partial charge in [-0.25, -0.2) is 8.42 Å². The molecule has 3 nitrogen and oxygen atoms in total. The van der Waals surface area contributed by atoms with Crippen molar-refractivity contribution in [2.24, 2.45) is 0 Å². The van der Waals surface area contributed by atoms with Gasteiger partial charge in [0.15, 0.2) is 9.84 Å². The quantitative estimate of drug-likeness (QED) is 0.852. The normalized spacial score (nSPS) is 26.6. The number of sulfone groups is 1. The SMILES string of the molecule is O=S(=O)(c1ccccc1)[C@@]12CCNC1CCc1cc(Br)ccc12. The molecule has 1 saturated heterocycles. The Bertz CT molecular complexity index is 851. The molecule has 1 heterocycles. The molecule has 0 radical (unpaired) electrons. The number of rotatable bonds is 2. The maximum absolute atomic E-state index is 13.6. The standard InChI is InChI=1S/C18H18BrNO2S/c19-14-7-8-16-13(12-14)6-9-17-18(16,10-11-20-17)23(21,22)15-4-2-1-3-5-15/h1-5,7-8,12,17,20H,6,9-11H2/t17?,18-/m1/s1. The van der Waals surface area contributed by atoms with E-state index in [4.69, 9.17) is 0 Å². The van der Waals surface area contributed by atoms with E-state index in [1.54, 1.807) is 24.3 Å². The number of benzene rings is 2. The number of halogens is 1. The van der Waals surface area contributed by atoms with Gasteiger partial charge in [-0.1, -0.05) is 40.2 Å². The Balaban J connectivity index is 1.98. The van der Waals surface area contributed by atoms with Crippen molar-refractivity contribution in [2.75, 3.05) is 6.54 Å². The van der Waals surface area contributed by atoms with Crippen LogP contribution in [-0.2, 0) is 21.0 Å². The molecule has 120 valence electrons. The molecule has 1 aliphatic heterocycles. The van der Waals surface area contributed by atoms with E-state index in [0.717, 1.165) is 35.0 Å². The molecule has 1 fully saturated rings. The van der Waals surface area contributed by atoms with Crippen LogP contribution in [0.25, 0.3) is 0 Å². The highest BCUT2D eigenvalue weighted by Crippen LogP contribution is 2.49. The molecule has 1 unspecified atom stereocenters. The molecule has 23 heavy (non-hydrogen) atoms. The maximum Gasteiger partial charge on any atom is 0.189 e. The maximum atomic E-state index is 13.6. The summed E-state index contributed by atoms with van der Waals surface area (Å²) in [5.74, 6) is 0. The highest BCUT2D eigenvalue weighted by molar-refractivity contribution is 9.10. The van der Waals surface area contributed by atoms with Crippen LogP contribution in [0.4, 0.5) is 0 Å². The molecule has 1 N–H and O–H groups in total. The van der Waals surface area contributed by atoms with Crippen molar-refractivity contribution < 1.29 is 8.42 Å². The minimum atomic E-state index is -3.46. The summed E-state index contributed by atoms with van der Waals surface area (Å²) in [5.41, 5.74) is 2.13. The first-order valence-corrected chi connectivity index (χ1v) is 10.2. The third-order valence-electron chi connectivity index (χ3n) is 5.21. The van der Waals surface area contributed by atoms with Crippen LogP contribution in [0.5, 0.6) is 0 Å². The highest BCUT2D eigenvalue weighted by atomic mass is 79.9. The van der Waals surface area contributed by atoms with Crippen molar-refractivity contribution in [3.8, 4) is 0 Å². The fraction of sp³-hybridized carbons (Fsp3) is 0.333. The van der Waals surface area contributed by atoms with E-state index in [1.165, 1.54) is 0 Å². The van der Waals surface area contributed by atoms with Crippen LogP contribution in [0.3, 0.4) is 0 Å². The zero-order valence-electron chi connectivity index (χ0n) is 12.6. The molecule has 2 aromatic carbocycles. The van der Waals surface area contributed by atoms with Crippen molar-refractivity contribution in [1.82, 2.24) is 5.32 Å². The predicted octanol–water partition coefficient (Wildman–Crippen LogP) is 3.43. The van der Waals surface area contributed by atoms with E-state index in [9.17, 15) is 8.42 Å². The van der Waals surface area contributed by atoms with Crippen molar-refractivity contribution in [1.29, 1.82) is 0 Å². The predicted molar refractivity (Wildman–Crippen MR) is 94.2 cm³/mol. The molecule has 0 spiro atoms. The molecule has 0 aromatic heterocycles. The third kappa shape index (κ3) is 2.13. The van der Waals surface area contributed by atoms with Crippen molar-refractivity contribution in [3.63, 3.8) is 0 Å². The van der Waals surface area contributed by atoms with Gasteiger partial charge in [-0.2, -0.15) is 0 Å². The lowest BCUT2D eigenvalue weighted by Crippen LogP contribution is -2.49. The van der Waals surface area contributed by atoms with Gasteiger partial charge in [-0.15, -0.1) is 0 Å². The lowest BCUT2D eigenvalue weighted by molar-refractivity contribution is 0.416. The van der Waals surface area contributed by atoms with Crippen LogP contribution in [0.15, 0.2) is 57.9 Å². The molecule has 1 aliphatic carbocycles. The Labute approximate surface area is 145 Å². The van der Waals surface area contributed by atoms with E-state index in [-0.39, 0.29) is 6.04 Å². The fourth-order valence-electron chi connectivity index (χ4n) is 4.19. The number of hydrogen-bond acceptors (Lipinski definition) is 3. The summed E-state index contributed by atoms with van der Waals surface area (Å²) in [4.78, 5) is 0.421. The molecule has 2 aromatic rings. The Kier molecular flexibility index (Phi) is 3.63. The van der Waals surface area contributed by atoms with Crippen molar-refractivity contribution in [3.05, 3.63) is 64.1 Å². The minimum absolute atomic E-state index is 0.0126. The first-order chi connectivity index (χ1) is 11.1. The second-order valence-corrected chi connectivity index (χ2v) is 9.43. The molecule has 0 bridgehead atoms. The van der Waals surface area contributed by atoms with E-state index in [1.807, 2.05) is 18.2 Å². The largest absolute Gasteiger partial charge is 0.312 e. The first-order valence-electron chi connectivity index (χ1n) is 7.88. The number of hydrogen-bond donors (Lipinski definition) is 1. The Morgan fingerprint density at radius 3 is 2.70 bits per heavy atom.